The van der Waals surface area contributed by atoms with Crippen LogP contribution < -0.4 is 22.9 Å². The van der Waals surface area contributed by atoms with Gasteiger partial charge in [0, 0.05) is 36.1 Å². The van der Waals surface area contributed by atoms with Gasteiger partial charge in [-0.2, -0.15) is 0 Å². The molecule has 0 bridgehead atoms. The van der Waals surface area contributed by atoms with Gasteiger partial charge < -0.3 is 53.0 Å². The summed E-state index contributed by atoms with van der Waals surface area (Å²) in [4.78, 5) is 52.5. The highest BCUT2D eigenvalue weighted by Gasteiger charge is 2.22. The van der Waals surface area contributed by atoms with Crippen LogP contribution in [0, 0.1) is 0 Å². The topological polar surface area (TPSA) is 287 Å². The highest BCUT2D eigenvalue weighted by molar-refractivity contribution is 5.91. The van der Waals surface area contributed by atoms with Gasteiger partial charge in [0.1, 0.15) is 24.2 Å². The van der Waals surface area contributed by atoms with E-state index < -0.39 is 54.7 Å². The number of aliphatic hydroxyl groups excluding tert-OH is 1. The standard InChI is InChI=1S/C14H17N3O3.C6H9N3O2.C3H7NO3/c1-8(15)13(18)20-14(19)11(16)6-9-7-17-12-5-3-2-4-10(9)12;7-5(6(10)11)1-4-2-8-3-9-4;4-2(1-5)3(6)7/h2-5,7-8,11,17H,6,15-16H2,1H3;2-3,5H,1,7H2,(H,8,9)(H,10,11);2,5H,1,4H2,(H,6,7)/t8-,11-;5-;2-/m001/s1. The van der Waals surface area contributed by atoms with Crippen molar-refractivity contribution >= 4 is 34.8 Å². The van der Waals surface area contributed by atoms with Crippen molar-refractivity contribution in [3.05, 3.63) is 54.2 Å². The molecule has 38 heavy (non-hydrogen) atoms. The van der Waals surface area contributed by atoms with Crippen LogP contribution in [0.5, 0.6) is 0 Å². The first-order valence-electron chi connectivity index (χ1n) is 11.2. The number of aromatic amines is 2. The number of hydrogen-bond donors (Lipinski definition) is 9. The van der Waals surface area contributed by atoms with Gasteiger partial charge in [-0.05, 0) is 18.6 Å². The molecule has 0 fully saturated rings. The van der Waals surface area contributed by atoms with E-state index in [0.717, 1.165) is 16.5 Å². The average molecular weight is 536 g/mol. The Labute approximate surface area is 217 Å². The molecular weight excluding hydrogens is 502 g/mol. The second kappa shape index (κ2) is 15.9. The molecule has 2 aromatic heterocycles. The molecule has 0 aliphatic heterocycles. The number of nitrogens with one attached hydrogen (secondary N) is 2. The molecule has 15 heteroatoms. The zero-order chi connectivity index (χ0) is 28.8. The summed E-state index contributed by atoms with van der Waals surface area (Å²) < 4.78 is 4.60. The first-order valence-corrected chi connectivity index (χ1v) is 11.2. The van der Waals surface area contributed by atoms with Crippen LogP contribution in [0.2, 0.25) is 0 Å². The van der Waals surface area contributed by atoms with Crippen molar-refractivity contribution in [3.8, 4) is 0 Å². The van der Waals surface area contributed by atoms with Gasteiger partial charge in [-0.3, -0.25) is 9.59 Å². The maximum Gasteiger partial charge on any atom is 0.330 e. The highest BCUT2D eigenvalue weighted by Crippen LogP contribution is 2.18. The fourth-order valence-electron chi connectivity index (χ4n) is 2.68. The Morgan fingerprint density at radius 2 is 1.55 bits per heavy atom. The van der Waals surface area contributed by atoms with Crippen LogP contribution in [0.15, 0.2) is 43.0 Å². The van der Waals surface area contributed by atoms with Gasteiger partial charge in [0.25, 0.3) is 0 Å². The Balaban J connectivity index is 0.000000336. The van der Waals surface area contributed by atoms with E-state index in [-0.39, 0.29) is 12.8 Å². The molecule has 0 radical (unpaired) electrons. The Morgan fingerprint density at radius 3 is 2.05 bits per heavy atom. The van der Waals surface area contributed by atoms with Crippen molar-refractivity contribution < 1.29 is 39.2 Å². The zero-order valence-electron chi connectivity index (χ0n) is 20.6. The van der Waals surface area contributed by atoms with E-state index in [2.05, 4.69) is 19.7 Å². The summed E-state index contributed by atoms with van der Waals surface area (Å²) in [7, 11) is 0. The number of fused-ring (bicyclic) bond motifs is 1. The number of para-hydroxylation sites is 1. The lowest BCUT2D eigenvalue weighted by atomic mass is 10.1. The molecule has 208 valence electrons. The number of carboxylic acids is 2. The summed E-state index contributed by atoms with van der Waals surface area (Å²) in [5.74, 6) is -3.72. The van der Waals surface area contributed by atoms with Crippen molar-refractivity contribution in [1.82, 2.24) is 15.0 Å². The van der Waals surface area contributed by atoms with Crippen LogP contribution in [0.3, 0.4) is 0 Å². The van der Waals surface area contributed by atoms with Gasteiger partial charge in [0.05, 0.1) is 18.6 Å². The number of ether oxygens (including phenoxy) is 1. The molecule has 0 saturated heterocycles. The van der Waals surface area contributed by atoms with E-state index in [4.69, 9.17) is 38.3 Å². The maximum atomic E-state index is 11.7. The molecule has 2 heterocycles. The minimum atomic E-state index is -1.18. The summed E-state index contributed by atoms with van der Waals surface area (Å²) in [6.07, 6.45) is 5.46. The quantitative estimate of drug-likeness (QED) is 0.108. The Kier molecular flexibility index (Phi) is 13.3. The van der Waals surface area contributed by atoms with E-state index in [1.54, 1.807) is 12.4 Å². The molecule has 4 atom stereocenters. The number of carbonyl (C=O) groups is 4. The van der Waals surface area contributed by atoms with E-state index in [9.17, 15) is 19.2 Å². The van der Waals surface area contributed by atoms with Gasteiger partial charge in [-0.15, -0.1) is 0 Å². The molecule has 0 aliphatic carbocycles. The van der Waals surface area contributed by atoms with Crippen LogP contribution in [-0.2, 0) is 36.8 Å². The van der Waals surface area contributed by atoms with Gasteiger partial charge in [-0.1, -0.05) is 18.2 Å². The lowest BCUT2D eigenvalue weighted by Crippen LogP contribution is -2.39. The molecule has 15 nitrogen and oxygen atoms in total. The summed E-state index contributed by atoms with van der Waals surface area (Å²) in [5, 5.41) is 25.3. The van der Waals surface area contributed by atoms with Crippen LogP contribution in [0.1, 0.15) is 18.2 Å². The van der Waals surface area contributed by atoms with E-state index >= 15 is 0 Å². The number of nitrogens with zero attached hydrogens (tertiary/aromatic N) is 1. The van der Waals surface area contributed by atoms with Gasteiger partial charge >= 0.3 is 23.9 Å². The number of aromatic nitrogens is 3. The number of esters is 2. The van der Waals surface area contributed by atoms with Crippen molar-refractivity contribution in [3.63, 3.8) is 0 Å². The number of nitrogens with two attached hydrogens (primary N) is 4. The normalized spacial score (nSPS) is 13.5. The van der Waals surface area contributed by atoms with Crippen LogP contribution in [0.25, 0.3) is 10.9 Å². The fourth-order valence-corrected chi connectivity index (χ4v) is 2.68. The number of benzene rings is 1. The molecule has 0 amide bonds. The molecule has 0 unspecified atom stereocenters. The fraction of sp³-hybridized carbons (Fsp3) is 0.348. The van der Waals surface area contributed by atoms with E-state index in [1.807, 2.05) is 24.3 Å². The zero-order valence-corrected chi connectivity index (χ0v) is 20.6. The lowest BCUT2D eigenvalue weighted by molar-refractivity contribution is -0.161. The Bertz CT molecular complexity index is 1180. The molecule has 0 spiro atoms. The van der Waals surface area contributed by atoms with Crippen molar-refractivity contribution in [2.24, 2.45) is 22.9 Å². The maximum absolute atomic E-state index is 11.7. The molecule has 3 aromatic rings. The average Bonchev–Trinajstić information content (AvgIpc) is 3.54. The van der Waals surface area contributed by atoms with Crippen LogP contribution in [0.4, 0.5) is 0 Å². The van der Waals surface area contributed by atoms with Crippen LogP contribution in [-0.4, -0.2) is 84.9 Å². The second-order valence-corrected chi connectivity index (χ2v) is 8.04. The van der Waals surface area contributed by atoms with Crippen molar-refractivity contribution in [2.75, 3.05) is 6.61 Å². The predicted octanol–water partition coefficient (Wildman–Crippen LogP) is -1.79. The summed E-state index contributed by atoms with van der Waals surface area (Å²) in [6, 6.07) is 3.95. The number of aliphatic carboxylic acids is 2. The molecule has 1 aromatic carbocycles. The SMILES string of the molecule is C[C@H](N)C(=O)OC(=O)[C@@H](N)Cc1c[nH]c2ccccc12.N[C@@H](Cc1c[nH]cn1)C(=O)O.N[C@H](CO)C(=O)O. The summed E-state index contributed by atoms with van der Waals surface area (Å²) in [5.41, 5.74) is 23.6. The summed E-state index contributed by atoms with van der Waals surface area (Å²) in [6.45, 7) is 0.941. The number of carboxylic acid groups (broad SMARTS) is 2. The third-order valence-electron chi connectivity index (χ3n) is 4.81. The molecule has 3 rings (SSSR count). The minimum absolute atomic E-state index is 0.263. The number of aliphatic hydroxyl groups is 1. The highest BCUT2D eigenvalue weighted by atomic mass is 16.6. The predicted molar refractivity (Wildman–Crippen MR) is 135 cm³/mol. The third kappa shape index (κ3) is 10.9. The molecule has 13 N–H and O–H groups in total. The second-order valence-electron chi connectivity index (χ2n) is 8.04. The van der Waals surface area contributed by atoms with E-state index in [0.29, 0.717) is 5.69 Å². The smallest absolute Gasteiger partial charge is 0.330 e. The molecule has 0 aliphatic rings. The minimum Gasteiger partial charge on any atom is -0.480 e. The molecular formula is C23H33N7O8. The largest absolute Gasteiger partial charge is 0.480 e. The van der Waals surface area contributed by atoms with Crippen molar-refractivity contribution in [2.45, 2.75) is 43.9 Å². The van der Waals surface area contributed by atoms with Crippen molar-refractivity contribution in [1.29, 1.82) is 0 Å². The Morgan fingerprint density at radius 1 is 0.921 bits per heavy atom. The lowest BCUT2D eigenvalue weighted by Gasteiger charge is -2.11. The Hall–Kier alpha value is -4.15. The molecule has 0 saturated carbocycles. The first-order chi connectivity index (χ1) is 17.9. The van der Waals surface area contributed by atoms with E-state index in [1.165, 1.54) is 13.3 Å². The van der Waals surface area contributed by atoms with Gasteiger partial charge in [0.2, 0.25) is 0 Å². The van der Waals surface area contributed by atoms with Gasteiger partial charge in [-0.25, -0.2) is 14.6 Å². The number of hydrogen-bond acceptors (Lipinski definition) is 11. The first kappa shape index (κ1) is 31.9. The monoisotopic (exact) mass is 535 g/mol. The van der Waals surface area contributed by atoms with Gasteiger partial charge in [0.15, 0.2) is 0 Å². The number of H-pyrrole nitrogens is 2. The number of rotatable bonds is 9. The van der Waals surface area contributed by atoms with Crippen LogP contribution >= 0.6 is 0 Å². The number of carbonyl (C=O) groups excluding carboxylic acids is 2. The number of imidazole rings is 1. The summed E-state index contributed by atoms with van der Waals surface area (Å²) >= 11 is 0. The third-order valence-corrected chi connectivity index (χ3v) is 4.81.